The second-order valence-electron chi connectivity index (χ2n) is 5.67. The fourth-order valence-electron chi connectivity index (χ4n) is 2.54. The molecule has 2 aromatic carbocycles. The average Bonchev–Trinajstić information content (AvgIpc) is 2.77. The van der Waals surface area contributed by atoms with E-state index >= 15 is 0 Å². The Kier molecular flexibility index (Phi) is 4.88. The van der Waals surface area contributed by atoms with Crippen LogP contribution in [0, 0.1) is 0 Å². The molecular weight excluding hydrogens is 469 g/mol. The Morgan fingerprint density at radius 2 is 1.68 bits per heavy atom. The van der Waals surface area contributed by atoms with Gasteiger partial charge in [-0.2, -0.15) is 0 Å². The molecule has 0 bridgehead atoms. The van der Waals surface area contributed by atoms with Crippen LogP contribution in [0.25, 0.3) is 0 Å². The molecule has 1 aliphatic heterocycles. The molecule has 1 heterocycles. The second kappa shape index (κ2) is 6.78. The number of ether oxygens (including phenoxy) is 1. The number of rotatable bonds is 4. The number of halogens is 4. The van der Waals surface area contributed by atoms with Gasteiger partial charge in [0.15, 0.2) is 5.75 Å². The predicted octanol–water partition coefficient (Wildman–Crippen LogP) is 3.37. The highest BCUT2D eigenvalue weighted by atomic mass is 79.9. The normalized spacial score (nSPS) is 14.2. The zero-order chi connectivity index (χ0) is 20.9. The summed E-state index contributed by atoms with van der Waals surface area (Å²) in [5.74, 6) is -2.09. The molecule has 7 nitrogen and oxygen atoms in total. The fraction of sp³-hybridized carbons (Fsp3) is 0.125. The minimum absolute atomic E-state index is 0.0183. The molecule has 0 atom stereocenters. The van der Waals surface area contributed by atoms with E-state index in [0.29, 0.717) is 0 Å². The van der Waals surface area contributed by atoms with Gasteiger partial charge in [0.1, 0.15) is 4.90 Å². The summed E-state index contributed by atoms with van der Waals surface area (Å²) < 4.78 is 69.1. The van der Waals surface area contributed by atoms with Gasteiger partial charge in [0, 0.05) is 17.2 Å². The first-order valence-electron chi connectivity index (χ1n) is 7.43. The van der Waals surface area contributed by atoms with Crippen LogP contribution in [0.15, 0.2) is 45.8 Å². The van der Waals surface area contributed by atoms with Gasteiger partial charge in [-0.3, -0.25) is 19.2 Å². The van der Waals surface area contributed by atoms with Crippen molar-refractivity contribution in [3.05, 3.63) is 52.0 Å². The molecule has 0 saturated heterocycles. The lowest BCUT2D eigenvalue weighted by Crippen LogP contribution is -2.24. The molecular formula is C16H10BrF3N2O5S. The van der Waals surface area contributed by atoms with Gasteiger partial charge >= 0.3 is 6.36 Å². The summed E-state index contributed by atoms with van der Waals surface area (Å²) >= 11 is 2.95. The number of nitrogens with one attached hydrogen (secondary N) is 1. The largest absolute Gasteiger partial charge is 0.573 e. The highest BCUT2D eigenvalue weighted by Gasteiger charge is 2.35. The number of imide groups is 1. The minimum atomic E-state index is -5.10. The monoisotopic (exact) mass is 478 g/mol. The van der Waals surface area contributed by atoms with Crippen LogP contribution >= 0.6 is 15.9 Å². The number of hydrogen-bond donors (Lipinski definition) is 1. The maximum atomic E-state index is 12.6. The lowest BCUT2D eigenvalue weighted by atomic mass is 10.1. The van der Waals surface area contributed by atoms with Crippen molar-refractivity contribution in [2.75, 3.05) is 11.8 Å². The summed E-state index contributed by atoms with van der Waals surface area (Å²) in [6.45, 7) is 0. The standard InChI is InChI=1S/C16H10BrF3N2O5S/c1-22-14(23)10-4-3-9(7-11(10)15(22)24)21-28(25,26)13-5-2-8(17)6-12(13)27-16(18,19)20/h2-7,21H,1H3. The van der Waals surface area contributed by atoms with E-state index in [-0.39, 0.29) is 21.3 Å². The van der Waals surface area contributed by atoms with Crippen LogP contribution in [0.3, 0.4) is 0 Å². The van der Waals surface area contributed by atoms with Gasteiger partial charge in [-0.25, -0.2) is 8.42 Å². The van der Waals surface area contributed by atoms with Gasteiger partial charge in [-0.15, -0.1) is 13.2 Å². The first kappa shape index (κ1) is 20.1. The van der Waals surface area contributed by atoms with Crippen LogP contribution in [0.2, 0.25) is 0 Å². The number of carbonyl (C=O) groups is 2. The minimum Gasteiger partial charge on any atom is -0.404 e. The summed E-state index contributed by atoms with van der Waals surface area (Å²) in [6, 6.07) is 6.65. The molecule has 28 heavy (non-hydrogen) atoms. The molecule has 1 N–H and O–H groups in total. The van der Waals surface area contributed by atoms with Crippen LogP contribution in [0.4, 0.5) is 18.9 Å². The van der Waals surface area contributed by atoms with Crippen molar-refractivity contribution in [1.29, 1.82) is 0 Å². The van der Waals surface area contributed by atoms with Crippen molar-refractivity contribution in [3.63, 3.8) is 0 Å². The lowest BCUT2D eigenvalue weighted by Gasteiger charge is -2.15. The average molecular weight is 479 g/mol. The lowest BCUT2D eigenvalue weighted by molar-refractivity contribution is -0.275. The Hall–Kier alpha value is -2.60. The quantitative estimate of drug-likeness (QED) is 0.680. The molecule has 148 valence electrons. The van der Waals surface area contributed by atoms with Crippen molar-refractivity contribution in [3.8, 4) is 5.75 Å². The Morgan fingerprint density at radius 1 is 1.04 bits per heavy atom. The molecule has 1 aliphatic rings. The first-order valence-corrected chi connectivity index (χ1v) is 9.71. The Labute approximate surface area is 165 Å². The van der Waals surface area contributed by atoms with Crippen molar-refractivity contribution < 1.29 is 35.9 Å². The topological polar surface area (TPSA) is 92.8 Å². The number of hydrogen-bond acceptors (Lipinski definition) is 5. The van der Waals surface area contributed by atoms with Crippen molar-refractivity contribution in [1.82, 2.24) is 4.90 Å². The highest BCUT2D eigenvalue weighted by Crippen LogP contribution is 2.34. The van der Waals surface area contributed by atoms with Gasteiger partial charge in [-0.05, 0) is 36.4 Å². The third-order valence-corrected chi connectivity index (χ3v) is 5.68. The second-order valence-corrected chi connectivity index (χ2v) is 8.24. The van der Waals surface area contributed by atoms with Crippen LogP contribution in [-0.2, 0) is 10.0 Å². The van der Waals surface area contributed by atoms with E-state index in [2.05, 4.69) is 25.4 Å². The van der Waals surface area contributed by atoms with Crippen LogP contribution in [-0.4, -0.2) is 38.5 Å². The van der Waals surface area contributed by atoms with Crippen LogP contribution in [0.5, 0.6) is 5.75 Å². The van der Waals surface area contributed by atoms with Gasteiger partial charge in [-0.1, -0.05) is 15.9 Å². The van der Waals surface area contributed by atoms with Gasteiger partial charge < -0.3 is 4.74 Å². The van der Waals surface area contributed by atoms with Crippen molar-refractivity contribution in [2.24, 2.45) is 0 Å². The molecule has 0 aliphatic carbocycles. The molecule has 0 fully saturated rings. The smallest absolute Gasteiger partial charge is 0.404 e. The van der Waals surface area contributed by atoms with E-state index in [4.69, 9.17) is 0 Å². The highest BCUT2D eigenvalue weighted by molar-refractivity contribution is 9.10. The van der Waals surface area contributed by atoms with Crippen LogP contribution in [0.1, 0.15) is 20.7 Å². The summed E-state index contributed by atoms with van der Waals surface area (Å²) in [7, 11) is -3.23. The molecule has 2 amide bonds. The number of nitrogens with zero attached hydrogens (tertiary/aromatic N) is 1. The number of carbonyl (C=O) groups excluding carboxylic acids is 2. The van der Waals surface area contributed by atoms with Crippen LogP contribution < -0.4 is 9.46 Å². The summed E-state index contributed by atoms with van der Waals surface area (Å²) in [4.78, 5) is 24.0. The zero-order valence-corrected chi connectivity index (χ0v) is 16.3. The molecule has 3 rings (SSSR count). The molecule has 0 radical (unpaired) electrons. The Bertz CT molecular complexity index is 1100. The molecule has 0 spiro atoms. The molecule has 0 saturated carbocycles. The fourth-order valence-corrected chi connectivity index (χ4v) is 4.04. The number of alkyl halides is 3. The number of benzene rings is 2. The third kappa shape index (κ3) is 3.83. The number of fused-ring (bicyclic) bond motifs is 1. The third-order valence-electron chi connectivity index (χ3n) is 3.76. The summed E-state index contributed by atoms with van der Waals surface area (Å²) in [5.41, 5.74) is -0.0217. The van der Waals surface area contributed by atoms with E-state index in [1.165, 1.54) is 25.2 Å². The number of sulfonamides is 1. The summed E-state index contributed by atoms with van der Waals surface area (Å²) in [6.07, 6.45) is -5.10. The SMILES string of the molecule is CN1C(=O)c2ccc(NS(=O)(=O)c3ccc(Br)cc3OC(F)(F)F)cc2C1=O. The van der Waals surface area contributed by atoms with E-state index in [0.717, 1.165) is 23.1 Å². The zero-order valence-electron chi connectivity index (χ0n) is 13.9. The van der Waals surface area contributed by atoms with E-state index < -0.39 is 38.8 Å². The van der Waals surface area contributed by atoms with E-state index in [9.17, 15) is 31.2 Å². The first-order chi connectivity index (χ1) is 12.9. The molecule has 2 aromatic rings. The van der Waals surface area contributed by atoms with Gasteiger partial charge in [0.2, 0.25) is 0 Å². The molecule has 0 unspecified atom stereocenters. The van der Waals surface area contributed by atoms with Crippen molar-refractivity contribution >= 4 is 43.5 Å². The molecule has 0 aromatic heterocycles. The maximum absolute atomic E-state index is 12.6. The van der Waals surface area contributed by atoms with Gasteiger partial charge in [0.05, 0.1) is 11.1 Å². The Balaban J connectivity index is 1.98. The number of anilines is 1. The Morgan fingerprint density at radius 3 is 2.32 bits per heavy atom. The maximum Gasteiger partial charge on any atom is 0.573 e. The van der Waals surface area contributed by atoms with Gasteiger partial charge in [0.25, 0.3) is 21.8 Å². The van der Waals surface area contributed by atoms with E-state index in [1.54, 1.807) is 0 Å². The molecule has 12 heteroatoms. The number of amides is 2. The predicted molar refractivity (Wildman–Crippen MR) is 94.5 cm³/mol. The van der Waals surface area contributed by atoms with Crippen molar-refractivity contribution in [2.45, 2.75) is 11.3 Å². The van der Waals surface area contributed by atoms with E-state index in [1.807, 2.05) is 0 Å². The summed E-state index contributed by atoms with van der Waals surface area (Å²) in [5, 5.41) is 0.